The quantitative estimate of drug-likeness (QED) is 0.921. The van der Waals surface area contributed by atoms with Crippen LogP contribution in [0.1, 0.15) is 31.2 Å². The van der Waals surface area contributed by atoms with Crippen LogP contribution in [0.3, 0.4) is 0 Å². The molecular weight excluding hydrogens is 292 g/mol. The normalized spacial score (nSPS) is 27.1. The second-order valence-electron chi connectivity index (χ2n) is 6.86. The number of rotatable bonds is 3. The van der Waals surface area contributed by atoms with Crippen LogP contribution in [-0.4, -0.2) is 30.1 Å². The number of hydrogen-bond acceptors (Lipinski definition) is 2. The van der Waals surface area contributed by atoms with Crippen molar-refractivity contribution in [3.05, 3.63) is 48.0 Å². The molecule has 2 bridgehead atoms. The Morgan fingerprint density at radius 1 is 1.00 bits per heavy atom. The molecule has 2 saturated heterocycles. The molecule has 4 rings (SSSR count). The third-order valence-corrected chi connectivity index (χ3v) is 5.32. The summed E-state index contributed by atoms with van der Waals surface area (Å²) >= 11 is 0. The molecule has 0 aliphatic carbocycles. The van der Waals surface area contributed by atoms with Gasteiger partial charge in [-0.1, -0.05) is 36.4 Å². The molecule has 0 spiro atoms. The van der Waals surface area contributed by atoms with Crippen molar-refractivity contribution in [2.75, 3.05) is 7.05 Å². The Morgan fingerprint density at radius 3 is 2.41 bits per heavy atom. The smallest absolute Gasteiger partial charge is 0.0233 e. The zero-order valence-corrected chi connectivity index (χ0v) is 14.0. The lowest BCUT2D eigenvalue weighted by Gasteiger charge is -2.35. The molecule has 0 amide bonds. The van der Waals surface area contributed by atoms with E-state index in [1.165, 1.54) is 42.0 Å². The van der Waals surface area contributed by atoms with Gasteiger partial charge in [-0.05, 0) is 55.1 Å². The molecule has 118 valence electrons. The van der Waals surface area contributed by atoms with Gasteiger partial charge in [-0.2, -0.15) is 0 Å². The van der Waals surface area contributed by atoms with E-state index in [4.69, 9.17) is 0 Å². The van der Waals surface area contributed by atoms with Crippen LogP contribution >= 0.6 is 12.4 Å². The molecule has 2 aromatic rings. The highest BCUT2D eigenvalue weighted by Gasteiger charge is 2.34. The highest BCUT2D eigenvalue weighted by atomic mass is 35.5. The largest absolute Gasteiger partial charge is 0.311 e. The van der Waals surface area contributed by atoms with Crippen LogP contribution < -0.4 is 5.32 Å². The molecule has 2 fully saturated rings. The van der Waals surface area contributed by atoms with Gasteiger partial charge in [0, 0.05) is 24.7 Å². The summed E-state index contributed by atoms with van der Waals surface area (Å²) in [6, 6.07) is 17.8. The molecule has 2 heterocycles. The fourth-order valence-electron chi connectivity index (χ4n) is 4.14. The molecule has 0 radical (unpaired) electrons. The van der Waals surface area contributed by atoms with Crippen LogP contribution in [-0.2, 0) is 6.54 Å². The molecule has 2 aliphatic heterocycles. The van der Waals surface area contributed by atoms with Crippen LogP contribution in [0.15, 0.2) is 42.5 Å². The van der Waals surface area contributed by atoms with Gasteiger partial charge >= 0.3 is 0 Å². The van der Waals surface area contributed by atoms with Crippen molar-refractivity contribution in [3.8, 4) is 0 Å². The minimum atomic E-state index is 0. The number of fused-ring (bicyclic) bond motifs is 3. The van der Waals surface area contributed by atoms with E-state index in [1.54, 1.807) is 0 Å². The monoisotopic (exact) mass is 316 g/mol. The molecule has 2 unspecified atom stereocenters. The molecular formula is C19H25ClN2. The second kappa shape index (κ2) is 6.57. The number of nitrogens with zero attached hydrogens (tertiary/aromatic N) is 1. The van der Waals surface area contributed by atoms with E-state index in [0.29, 0.717) is 0 Å². The van der Waals surface area contributed by atoms with Gasteiger partial charge in [0.1, 0.15) is 0 Å². The molecule has 1 N–H and O–H groups in total. The van der Waals surface area contributed by atoms with E-state index in [-0.39, 0.29) is 12.4 Å². The van der Waals surface area contributed by atoms with Gasteiger partial charge in [-0.3, -0.25) is 4.90 Å². The van der Waals surface area contributed by atoms with Crippen LogP contribution in [0.5, 0.6) is 0 Å². The summed E-state index contributed by atoms with van der Waals surface area (Å²) in [6.45, 7) is 1.06. The first kappa shape index (κ1) is 15.8. The van der Waals surface area contributed by atoms with Gasteiger partial charge in [0.05, 0.1) is 0 Å². The maximum atomic E-state index is 3.74. The van der Waals surface area contributed by atoms with Crippen molar-refractivity contribution in [1.82, 2.24) is 10.2 Å². The van der Waals surface area contributed by atoms with Crippen molar-refractivity contribution >= 4 is 23.2 Å². The van der Waals surface area contributed by atoms with Crippen molar-refractivity contribution in [1.29, 1.82) is 0 Å². The summed E-state index contributed by atoms with van der Waals surface area (Å²) < 4.78 is 0. The lowest BCUT2D eigenvalue weighted by Crippen LogP contribution is -2.46. The highest BCUT2D eigenvalue weighted by molar-refractivity contribution is 5.85. The zero-order valence-electron chi connectivity index (χ0n) is 13.2. The lowest BCUT2D eigenvalue weighted by atomic mass is 9.98. The number of halogens is 1. The summed E-state index contributed by atoms with van der Waals surface area (Å²) in [6.07, 6.45) is 5.40. The molecule has 22 heavy (non-hydrogen) atoms. The third-order valence-electron chi connectivity index (χ3n) is 5.32. The van der Waals surface area contributed by atoms with E-state index in [9.17, 15) is 0 Å². The Labute approximate surface area is 139 Å². The van der Waals surface area contributed by atoms with E-state index in [2.05, 4.69) is 59.7 Å². The van der Waals surface area contributed by atoms with E-state index >= 15 is 0 Å². The molecule has 2 atom stereocenters. The first-order valence-corrected chi connectivity index (χ1v) is 8.22. The maximum Gasteiger partial charge on any atom is 0.0233 e. The molecule has 2 aromatic carbocycles. The topological polar surface area (TPSA) is 15.3 Å². The summed E-state index contributed by atoms with van der Waals surface area (Å²) in [5, 5.41) is 6.43. The fourth-order valence-corrected chi connectivity index (χ4v) is 4.14. The molecule has 0 aromatic heterocycles. The number of nitrogens with one attached hydrogen (secondary N) is 1. The average molecular weight is 317 g/mol. The van der Waals surface area contributed by atoms with Crippen molar-refractivity contribution in [3.63, 3.8) is 0 Å². The predicted octanol–water partition coefficient (Wildman–Crippen LogP) is 3.98. The van der Waals surface area contributed by atoms with Gasteiger partial charge in [-0.25, -0.2) is 0 Å². The minimum absolute atomic E-state index is 0. The van der Waals surface area contributed by atoms with Crippen molar-refractivity contribution in [2.45, 2.75) is 50.4 Å². The summed E-state index contributed by atoms with van der Waals surface area (Å²) in [5.41, 5.74) is 1.43. The minimum Gasteiger partial charge on any atom is -0.311 e. The van der Waals surface area contributed by atoms with Gasteiger partial charge in [-0.15, -0.1) is 12.4 Å². The first-order valence-electron chi connectivity index (χ1n) is 8.22. The Bertz CT molecular complexity index is 630. The van der Waals surface area contributed by atoms with Gasteiger partial charge in [0.15, 0.2) is 0 Å². The SMILES string of the molecule is CN(Cc1ccc2ccccc2c1)C1CC2CCC(C1)N2.Cl. The van der Waals surface area contributed by atoms with E-state index < -0.39 is 0 Å². The van der Waals surface area contributed by atoms with Gasteiger partial charge < -0.3 is 5.32 Å². The predicted molar refractivity (Wildman–Crippen MR) is 95.6 cm³/mol. The summed E-state index contributed by atoms with van der Waals surface area (Å²) in [7, 11) is 2.30. The third kappa shape index (κ3) is 3.15. The van der Waals surface area contributed by atoms with Crippen LogP contribution in [0, 0.1) is 0 Å². The maximum absolute atomic E-state index is 3.74. The molecule has 2 nitrogen and oxygen atoms in total. The summed E-state index contributed by atoms with van der Waals surface area (Å²) in [4.78, 5) is 2.57. The Morgan fingerprint density at radius 2 is 1.68 bits per heavy atom. The molecule has 0 saturated carbocycles. The van der Waals surface area contributed by atoms with Crippen LogP contribution in [0.4, 0.5) is 0 Å². The Kier molecular flexibility index (Phi) is 4.72. The van der Waals surface area contributed by atoms with Gasteiger partial charge in [0.2, 0.25) is 0 Å². The molecule has 3 heteroatoms. The zero-order chi connectivity index (χ0) is 14.2. The van der Waals surface area contributed by atoms with E-state index in [0.717, 1.165) is 24.7 Å². The fraction of sp³-hybridized carbons (Fsp3) is 0.474. The second-order valence-corrected chi connectivity index (χ2v) is 6.86. The summed E-state index contributed by atoms with van der Waals surface area (Å²) in [5.74, 6) is 0. The Balaban J connectivity index is 0.00000144. The van der Waals surface area contributed by atoms with Gasteiger partial charge in [0.25, 0.3) is 0 Å². The highest BCUT2D eigenvalue weighted by Crippen LogP contribution is 2.30. The standard InChI is InChI=1S/C19H24N2.ClH/c1-21(19-11-17-8-9-18(12-19)20-17)13-14-6-7-15-4-2-3-5-16(15)10-14;/h2-7,10,17-20H,8-9,11-13H2,1H3;1H. The van der Waals surface area contributed by atoms with E-state index in [1.807, 2.05) is 0 Å². The van der Waals surface area contributed by atoms with Crippen LogP contribution in [0.25, 0.3) is 10.8 Å². The first-order chi connectivity index (χ1) is 10.3. The number of hydrogen-bond donors (Lipinski definition) is 1. The number of piperidine rings is 1. The average Bonchev–Trinajstić information content (AvgIpc) is 2.85. The lowest BCUT2D eigenvalue weighted by molar-refractivity contribution is 0.166. The van der Waals surface area contributed by atoms with Crippen LogP contribution in [0.2, 0.25) is 0 Å². The molecule has 2 aliphatic rings. The Hall–Kier alpha value is -1.09. The number of benzene rings is 2. The van der Waals surface area contributed by atoms with Crippen molar-refractivity contribution in [2.24, 2.45) is 0 Å². The van der Waals surface area contributed by atoms with Crippen molar-refractivity contribution < 1.29 is 0 Å².